The zero-order valence-electron chi connectivity index (χ0n) is 11.1. The van der Waals surface area contributed by atoms with Gasteiger partial charge in [0.15, 0.2) is 0 Å². The Bertz CT molecular complexity index is 627. The second-order valence-corrected chi connectivity index (χ2v) is 7.02. The number of thiophene rings is 1. The van der Waals surface area contributed by atoms with Gasteiger partial charge in [-0.3, -0.25) is 4.90 Å². The standard InChI is InChI=1S/C16H15BrN2S/c1-2-8-19(12-15-6-7-16(17)20-15)11-14-5-3-4-13(9-14)10-18/h2-7,9H,1,8,11-12H2. The molecule has 20 heavy (non-hydrogen) atoms. The Morgan fingerprint density at radius 2 is 2.15 bits per heavy atom. The van der Waals surface area contributed by atoms with Crippen LogP contribution in [-0.2, 0) is 13.1 Å². The normalized spacial score (nSPS) is 10.4. The van der Waals surface area contributed by atoms with Crippen molar-refractivity contribution in [2.75, 3.05) is 6.54 Å². The fourth-order valence-corrected chi connectivity index (χ4v) is 3.55. The summed E-state index contributed by atoms with van der Waals surface area (Å²) in [5.41, 5.74) is 1.86. The van der Waals surface area contributed by atoms with Crippen molar-refractivity contribution in [3.63, 3.8) is 0 Å². The molecule has 0 N–H and O–H groups in total. The average Bonchev–Trinajstić information content (AvgIpc) is 2.84. The van der Waals surface area contributed by atoms with Crippen molar-refractivity contribution in [1.82, 2.24) is 4.90 Å². The summed E-state index contributed by atoms with van der Waals surface area (Å²) in [5, 5.41) is 8.95. The Morgan fingerprint density at radius 3 is 2.80 bits per heavy atom. The number of nitriles is 1. The van der Waals surface area contributed by atoms with Crippen LogP contribution in [0.3, 0.4) is 0 Å². The molecule has 0 spiro atoms. The van der Waals surface area contributed by atoms with Gasteiger partial charge >= 0.3 is 0 Å². The van der Waals surface area contributed by atoms with Crippen molar-refractivity contribution in [3.8, 4) is 6.07 Å². The minimum absolute atomic E-state index is 0.708. The predicted molar refractivity (Wildman–Crippen MR) is 87.5 cm³/mol. The Balaban J connectivity index is 2.08. The van der Waals surface area contributed by atoms with E-state index in [1.165, 1.54) is 4.88 Å². The highest BCUT2D eigenvalue weighted by atomic mass is 79.9. The minimum atomic E-state index is 0.708. The molecule has 2 aromatic rings. The maximum atomic E-state index is 8.95. The van der Waals surface area contributed by atoms with E-state index in [1.54, 1.807) is 11.3 Å². The second-order valence-electron chi connectivity index (χ2n) is 4.48. The largest absolute Gasteiger partial charge is 0.290 e. The number of rotatable bonds is 6. The molecule has 0 aliphatic rings. The molecule has 4 heteroatoms. The van der Waals surface area contributed by atoms with Crippen molar-refractivity contribution < 1.29 is 0 Å². The highest BCUT2D eigenvalue weighted by molar-refractivity contribution is 9.11. The third-order valence-electron chi connectivity index (χ3n) is 2.86. The molecular weight excluding hydrogens is 332 g/mol. The van der Waals surface area contributed by atoms with Gasteiger partial charge in [0, 0.05) is 24.5 Å². The van der Waals surface area contributed by atoms with Gasteiger partial charge in [-0.05, 0) is 45.8 Å². The van der Waals surface area contributed by atoms with E-state index in [0.717, 1.165) is 29.0 Å². The summed E-state index contributed by atoms with van der Waals surface area (Å²) < 4.78 is 1.15. The smallest absolute Gasteiger partial charge is 0.0991 e. The summed E-state index contributed by atoms with van der Waals surface area (Å²) in [7, 11) is 0. The van der Waals surface area contributed by atoms with Gasteiger partial charge in [0.2, 0.25) is 0 Å². The van der Waals surface area contributed by atoms with Crippen LogP contribution in [0.25, 0.3) is 0 Å². The van der Waals surface area contributed by atoms with Gasteiger partial charge < -0.3 is 0 Å². The molecule has 2 rings (SSSR count). The highest BCUT2D eigenvalue weighted by Gasteiger charge is 2.08. The third kappa shape index (κ3) is 4.31. The molecule has 2 nitrogen and oxygen atoms in total. The first-order valence-electron chi connectivity index (χ1n) is 6.28. The van der Waals surface area contributed by atoms with Crippen LogP contribution in [0, 0.1) is 11.3 Å². The molecule has 0 saturated heterocycles. The molecule has 0 saturated carbocycles. The van der Waals surface area contributed by atoms with Gasteiger partial charge in [-0.25, -0.2) is 0 Å². The first-order valence-corrected chi connectivity index (χ1v) is 7.88. The SMILES string of the molecule is C=CCN(Cc1cccc(C#N)c1)Cc1ccc(Br)s1. The minimum Gasteiger partial charge on any atom is -0.290 e. The molecule has 0 atom stereocenters. The van der Waals surface area contributed by atoms with Gasteiger partial charge in [-0.15, -0.1) is 17.9 Å². The van der Waals surface area contributed by atoms with Crippen LogP contribution in [0.5, 0.6) is 0 Å². The summed E-state index contributed by atoms with van der Waals surface area (Å²) in [5.74, 6) is 0. The molecule has 0 unspecified atom stereocenters. The molecule has 0 radical (unpaired) electrons. The lowest BCUT2D eigenvalue weighted by molar-refractivity contribution is 0.289. The van der Waals surface area contributed by atoms with Gasteiger partial charge in [0.1, 0.15) is 0 Å². The first-order chi connectivity index (χ1) is 9.71. The molecule has 1 aromatic heterocycles. The number of nitrogens with zero attached hydrogens (tertiary/aromatic N) is 2. The van der Waals surface area contributed by atoms with E-state index in [-0.39, 0.29) is 0 Å². The van der Waals surface area contributed by atoms with Crippen LogP contribution in [0.2, 0.25) is 0 Å². The van der Waals surface area contributed by atoms with Crippen LogP contribution in [0.15, 0.2) is 52.8 Å². The molecule has 0 bridgehead atoms. The Hall–Kier alpha value is -1.41. The highest BCUT2D eigenvalue weighted by Crippen LogP contribution is 2.23. The lowest BCUT2D eigenvalue weighted by atomic mass is 10.1. The molecule has 1 aromatic carbocycles. The second kappa shape index (κ2) is 7.39. The number of halogens is 1. The summed E-state index contributed by atoms with van der Waals surface area (Å²) in [6.45, 7) is 6.35. The summed E-state index contributed by atoms with van der Waals surface area (Å²) >= 11 is 5.24. The first kappa shape index (κ1) is 15.0. The van der Waals surface area contributed by atoms with E-state index < -0.39 is 0 Å². The fraction of sp³-hybridized carbons (Fsp3) is 0.188. The van der Waals surface area contributed by atoms with Gasteiger partial charge in [0.05, 0.1) is 15.4 Å². The molecule has 0 fully saturated rings. The zero-order valence-corrected chi connectivity index (χ0v) is 13.5. The van der Waals surface area contributed by atoms with E-state index in [9.17, 15) is 0 Å². The van der Waals surface area contributed by atoms with Crippen LogP contribution in [0.1, 0.15) is 16.0 Å². The predicted octanol–water partition coefficient (Wildman–Crippen LogP) is 4.57. The van der Waals surface area contributed by atoms with Crippen LogP contribution in [-0.4, -0.2) is 11.4 Å². The average molecular weight is 347 g/mol. The summed E-state index contributed by atoms with van der Waals surface area (Å²) in [6, 6.07) is 14.2. The number of benzene rings is 1. The van der Waals surface area contributed by atoms with Gasteiger partial charge in [-0.2, -0.15) is 5.26 Å². The molecule has 102 valence electrons. The molecular formula is C16H15BrN2S. The lowest BCUT2D eigenvalue weighted by Gasteiger charge is -2.20. The maximum Gasteiger partial charge on any atom is 0.0991 e. The van der Waals surface area contributed by atoms with E-state index in [4.69, 9.17) is 5.26 Å². The topological polar surface area (TPSA) is 27.0 Å². The molecule has 1 heterocycles. The molecule has 0 aliphatic heterocycles. The molecule has 0 aliphatic carbocycles. The van der Waals surface area contributed by atoms with Crippen molar-refractivity contribution >= 4 is 27.3 Å². The Kier molecular flexibility index (Phi) is 5.54. The monoisotopic (exact) mass is 346 g/mol. The number of hydrogen-bond donors (Lipinski definition) is 0. The van der Waals surface area contributed by atoms with Gasteiger partial charge in [0.25, 0.3) is 0 Å². The van der Waals surface area contributed by atoms with Crippen molar-refractivity contribution in [3.05, 3.63) is 68.8 Å². The van der Waals surface area contributed by atoms with Crippen molar-refractivity contribution in [2.24, 2.45) is 0 Å². The summed E-state index contributed by atoms with van der Waals surface area (Å²) in [4.78, 5) is 3.62. The van der Waals surface area contributed by atoms with E-state index in [0.29, 0.717) is 5.56 Å². The van der Waals surface area contributed by atoms with E-state index in [1.807, 2.05) is 24.3 Å². The Morgan fingerprint density at radius 1 is 1.30 bits per heavy atom. The van der Waals surface area contributed by atoms with E-state index in [2.05, 4.69) is 51.7 Å². The van der Waals surface area contributed by atoms with Gasteiger partial charge in [-0.1, -0.05) is 18.2 Å². The Labute approximate surface area is 132 Å². The quantitative estimate of drug-likeness (QED) is 0.716. The van der Waals surface area contributed by atoms with Crippen LogP contribution in [0.4, 0.5) is 0 Å². The zero-order chi connectivity index (χ0) is 14.4. The molecule has 0 amide bonds. The summed E-state index contributed by atoms with van der Waals surface area (Å²) in [6.07, 6.45) is 1.91. The third-order valence-corrected chi connectivity index (χ3v) is 4.47. The van der Waals surface area contributed by atoms with Crippen molar-refractivity contribution in [2.45, 2.75) is 13.1 Å². The van der Waals surface area contributed by atoms with Crippen molar-refractivity contribution in [1.29, 1.82) is 5.26 Å². The maximum absolute atomic E-state index is 8.95. The van der Waals surface area contributed by atoms with Crippen LogP contribution >= 0.6 is 27.3 Å². The lowest BCUT2D eigenvalue weighted by Crippen LogP contribution is -2.22. The van der Waals surface area contributed by atoms with E-state index >= 15 is 0 Å². The number of hydrogen-bond acceptors (Lipinski definition) is 3. The van der Waals surface area contributed by atoms with Crippen LogP contribution < -0.4 is 0 Å². The fourth-order valence-electron chi connectivity index (χ4n) is 2.02.